The van der Waals surface area contributed by atoms with E-state index in [1.165, 1.54) is 0 Å². The molecule has 3 heterocycles. The highest BCUT2D eigenvalue weighted by molar-refractivity contribution is 5.86. The van der Waals surface area contributed by atoms with E-state index >= 15 is 0 Å². The van der Waals surface area contributed by atoms with Gasteiger partial charge in [0.25, 0.3) is 5.91 Å². The Kier molecular flexibility index (Phi) is 3.88. The fraction of sp³-hybridized carbons (Fsp3) is 0.857. The van der Waals surface area contributed by atoms with Crippen molar-refractivity contribution in [2.45, 2.75) is 70.0 Å². The molecule has 5 atom stereocenters. The van der Waals surface area contributed by atoms with Crippen LogP contribution < -0.4 is 11.1 Å². The molecule has 3 rings (SSSR count). The molecule has 23 heavy (non-hydrogen) atoms. The van der Waals surface area contributed by atoms with E-state index in [9.17, 15) is 9.59 Å². The molecule has 2 amide bonds. The smallest absolute Gasteiger partial charge is 0.252 e. The van der Waals surface area contributed by atoms with Crippen LogP contribution in [0.25, 0.3) is 0 Å². The molecular formula is C14H22N2O7. The minimum Gasteiger partial charge on any atom is -0.368 e. The van der Waals surface area contributed by atoms with E-state index in [1.54, 1.807) is 27.7 Å². The summed E-state index contributed by atoms with van der Waals surface area (Å²) < 4.78 is 28.9. The molecule has 0 aromatic carbocycles. The van der Waals surface area contributed by atoms with Crippen LogP contribution in [0.15, 0.2) is 0 Å². The normalized spacial score (nSPS) is 40.3. The van der Waals surface area contributed by atoms with Crippen molar-refractivity contribution in [3.63, 3.8) is 0 Å². The summed E-state index contributed by atoms with van der Waals surface area (Å²) in [5.74, 6) is -2.89. The molecule has 9 nitrogen and oxygen atoms in total. The average Bonchev–Trinajstić information content (AvgIpc) is 2.89. The SMILES string of the molecule is CC1(C)O[C@H]2[C@@H](O1)[C@H](C(=O)NCC(N)=O)O[C@H]1OC(C)(C)O[C@@H]12. The van der Waals surface area contributed by atoms with Crippen LogP contribution in [-0.4, -0.2) is 60.6 Å². The average molecular weight is 330 g/mol. The molecule has 130 valence electrons. The molecular weight excluding hydrogens is 308 g/mol. The Morgan fingerprint density at radius 1 is 0.957 bits per heavy atom. The lowest BCUT2D eigenvalue weighted by Crippen LogP contribution is -2.59. The second-order valence-corrected chi connectivity index (χ2v) is 6.77. The second-order valence-electron chi connectivity index (χ2n) is 6.77. The third-order valence-corrected chi connectivity index (χ3v) is 3.85. The fourth-order valence-corrected chi connectivity index (χ4v) is 3.10. The van der Waals surface area contributed by atoms with Gasteiger partial charge in [-0.15, -0.1) is 0 Å². The van der Waals surface area contributed by atoms with Gasteiger partial charge in [-0.05, 0) is 27.7 Å². The molecule has 3 saturated heterocycles. The summed E-state index contributed by atoms with van der Waals surface area (Å²) in [6.07, 6.45) is -3.43. The van der Waals surface area contributed by atoms with E-state index in [4.69, 9.17) is 29.4 Å². The topological polar surface area (TPSA) is 118 Å². The van der Waals surface area contributed by atoms with Crippen molar-refractivity contribution in [2.24, 2.45) is 5.73 Å². The van der Waals surface area contributed by atoms with Gasteiger partial charge in [-0.3, -0.25) is 9.59 Å². The van der Waals surface area contributed by atoms with Gasteiger partial charge in [-0.2, -0.15) is 0 Å². The molecule has 0 unspecified atom stereocenters. The maximum Gasteiger partial charge on any atom is 0.252 e. The van der Waals surface area contributed by atoms with Crippen LogP contribution in [0.1, 0.15) is 27.7 Å². The maximum absolute atomic E-state index is 12.3. The van der Waals surface area contributed by atoms with Gasteiger partial charge in [-0.1, -0.05) is 0 Å². The van der Waals surface area contributed by atoms with Crippen LogP contribution in [0.3, 0.4) is 0 Å². The summed E-state index contributed by atoms with van der Waals surface area (Å²) in [5.41, 5.74) is 5.05. The number of carbonyl (C=O) groups excluding carboxylic acids is 2. The van der Waals surface area contributed by atoms with Crippen molar-refractivity contribution in [1.29, 1.82) is 0 Å². The first kappa shape index (κ1) is 16.6. The summed E-state index contributed by atoms with van der Waals surface area (Å²) in [6, 6.07) is 0. The largest absolute Gasteiger partial charge is 0.368 e. The number of hydrogen-bond donors (Lipinski definition) is 2. The molecule has 0 radical (unpaired) electrons. The van der Waals surface area contributed by atoms with Gasteiger partial charge in [0.15, 0.2) is 24.0 Å². The van der Waals surface area contributed by atoms with Crippen LogP contribution in [-0.2, 0) is 33.3 Å². The zero-order valence-electron chi connectivity index (χ0n) is 13.5. The van der Waals surface area contributed by atoms with Crippen LogP contribution in [0.5, 0.6) is 0 Å². The number of primary amides is 1. The van der Waals surface area contributed by atoms with E-state index in [1.807, 2.05) is 0 Å². The van der Waals surface area contributed by atoms with Crippen molar-refractivity contribution in [3.8, 4) is 0 Å². The molecule has 0 aliphatic carbocycles. The predicted molar refractivity (Wildman–Crippen MR) is 74.7 cm³/mol. The molecule has 3 aliphatic rings. The molecule has 3 fully saturated rings. The number of ether oxygens (including phenoxy) is 5. The van der Waals surface area contributed by atoms with E-state index in [0.29, 0.717) is 0 Å². The highest BCUT2D eigenvalue weighted by Gasteiger charge is 2.62. The van der Waals surface area contributed by atoms with E-state index in [2.05, 4.69) is 5.32 Å². The van der Waals surface area contributed by atoms with Crippen molar-refractivity contribution in [1.82, 2.24) is 5.32 Å². The predicted octanol–water partition coefficient (Wildman–Crippen LogP) is -1.02. The lowest BCUT2D eigenvalue weighted by Gasteiger charge is -2.36. The van der Waals surface area contributed by atoms with Crippen LogP contribution in [0.2, 0.25) is 0 Å². The Hall–Kier alpha value is -1.26. The van der Waals surface area contributed by atoms with Gasteiger partial charge in [0, 0.05) is 0 Å². The lowest BCUT2D eigenvalue weighted by molar-refractivity contribution is -0.231. The van der Waals surface area contributed by atoms with Crippen molar-refractivity contribution in [2.75, 3.05) is 6.54 Å². The minimum atomic E-state index is -0.986. The number of amides is 2. The molecule has 0 spiro atoms. The van der Waals surface area contributed by atoms with Gasteiger partial charge in [-0.25, -0.2) is 0 Å². The Morgan fingerprint density at radius 3 is 2.17 bits per heavy atom. The number of nitrogens with one attached hydrogen (secondary N) is 1. The molecule has 0 bridgehead atoms. The Morgan fingerprint density at radius 2 is 1.52 bits per heavy atom. The highest BCUT2D eigenvalue weighted by Crippen LogP contribution is 2.44. The molecule has 9 heteroatoms. The van der Waals surface area contributed by atoms with Crippen molar-refractivity contribution in [3.05, 3.63) is 0 Å². The zero-order chi connectivity index (χ0) is 17.0. The quantitative estimate of drug-likeness (QED) is 0.680. The maximum atomic E-state index is 12.3. The Bertz CT molecular complexity index is 521. The monoisotopic (exact) mass is 330 g/mol. The van der Waals surface area contributed by atoms with Crippen LogP contribution in [0, 0.1) is 0 Å². The van der Waals surface area contributed by atoms with Crippen LogP contribution >= 0.6 is 0 Å². The molecule has 0 aromatic rings. The fourth-order valence-electron chi connectivity index (χ4n) is 3.10. The van der Waals surface area contributed by atoms with Gasteiger partial charge >= 0.3 is 0 Å². The summed E-state index contributed by atoms with van der Waals surface area (Å²) >= 11 is 0. The van der Waals surface area contributed by atoms with Crippen molar-refractivity contribution >= 4 is 11.8 Å². The first-order valence-corrected chi connectivity index (χ1v) is 7.51. The number of nitrogens with two attached hydrogens (primary N) is 1. The zero-order valence-corrected chi connectivity index (χ0v) is 13.5. The van der Waals surface area contributed by atoms with Gasteiger partial charge in [0.1, 0.15) is 18.3 Å². The summed E-state index contributed by atoms with van der Waals surface area (Å²) in [7, 11) is 0. The standard InChI is InChI=1S/C14H22N2O7/c1-13(2)20-7-8(21-13)10-12(23-14(3,4)22-10)19-9(7)11(18)16-5-6(15)17/h7-10,12H,5H2,1-4H3,(H2,15,17)(H,16,18)/t7-,8+,9-,10-,12+/m1/s1. The molecule has 3 N–H and O–H groups in total. The summed E-state index contributed by atoms with van der Waals surface area (Å²) in [5, 5.41) is 2.42. The highest BCUT2D eigenvalue weighted by atomic mass is 16.9. The van der Waals surface area contributed by atoms with E-state index in [-0.39, 0.29) is 6.54 Å². The third kappa shape index (κ3) is 3.20. The summed E-state index contributed by atoms with van der Waals surface area (Å²) in [6.45, 7) is 6.73. The second kappa shape index (κ2) is 5.38. The van der Waals surface area contributed by atoms with Gasteiger partial charge in [0.2, 0.25) is 5.91 Å². The molecule has 0 saturated carbocycles. The Labute approximate surface area is 133 Å². The van der Waals surface area contributed by atoms with E-state index < -0.39 is 54.1 Å². The van der Waals surface area contributed by atoms with Gasteiger partial charge in [0.05, 0.1) is 6.54 Å². The van der Waals surface area contributed by atoms with Gasteiger partial charge < -0.3 is 34.7 Å². The summed E-state index contributed by atoms with van der Waals surface area (Å²) in [4.78, 5) is 23.2. The third-order valence-electron chi connectivity index (χ3n) is 3.85. The number of fused-ring (bicyclic) bond motifs is 3. The van der Waals surface area contributed by atoms with Crippen LogP contribution in [0.4, 0.5) is 0 Å². The first-order chi connectivity index (χ1) is 10.6. The first-order valence-electron chi connectivity index (χ1n) is 7.51. The minimum absolute atomic E-state index is 0.280. The van der Waals surface area contributed by atoms with Crippen molar-refractivity contribution < 1.29 is 33.3 Å². The van der Waals surface area contributed by atoms with E-state index in [0.717, 1.165) is 0 Å². The lowest BCUT2D eigenvalue weighted by atomic mass is 9.98. The molecule has 0 aromatic heterocycles. The molecule has 3 aliphatic heterocycles. The number of carbonyl (C=O) groups is 2. The number of rotatable bonds is 3. The number of hydrogen-bond acceptors (Lipinski definition) is 7. The Balaban J connectivity index is 1.81.